The topological polar surface area (TPSA) is 61.5 Å². The van der Waals surface area contributed by atoms with Crippen LogP contribution >= 0.6 is 11.6 Å². The van der Waals surface area contributed by atoms with Crippen LogP contribution in [0.1, 0.15) is 15.9 Å². The number of methoxy groups -OCH3 is 1. The number of rotatable bonds is 4. The smallest absolute Gasteiger partial charge is 0.340 e. The van der Waals surface area contributed by atoms with Crippen molar-refractivity contribution in [1.29, 1.82) is 0 Å². The molecular weight excluding hydrogens is 297 g/mol. The first-order chi connectivity index (χ1) is 10.0. The Morgan fingerprint density at radius 2 is 2.10 bits per heavy atom. The summed E-state index contributed by atoms with van der Waals surface area (Å²) >= 11 is 5.80. The number of nitrogens with two attached hydrogens (primary N) is 1. The van der Waals surface area contributed by atoms with E-state index in [4.69, 9.17) is 26.8 Å². The van der Waals surface area contributed by atoms with Gasteiger partial charge in [0.15, 0.2) is 11.6 Å². The van der Waals surface area contributed by atoms with E-state index >= 15 is 0 Å². The molecule has 0 aliphatic carbocycles. The van der Waals surface area contributed by atoms with Gasteiger partial charge in [-0.2, -0.15) is 0 Å². The number of nitrogen functional groups attached to an aromatic ring is 1. The van der Waals surface area contributed by atoms with E-state index in [-0.39, 0.29) is 29.2 Å². The van der Waals surface area contributed by atoms with Crippen LogP contribution in [-0.2, 0) is 11.3 Å². The summed E-state index contributed by atoms with van der Waals surface area (Å²) < 4.78 is 23.8. The number of esters is 1. The molecule has 0 spiro atoms. The lowest BCUT2D eigenvalue weighted by Gasteiger charge is -2.09. The number of benzene rings is 2. The van der Waals surface area contributed by atoms with Gasteiger partial charge in [0, 0.05) is 16.3 Å². The van der Waals surface area contributed by atoms with Gasteiger partial charge in [-0.3, -0.25) is 0 Å². The largest absolute Gasteiger partial charge is 0.494 e. The normalized spacial score (nSPS) is 10.2. The minimum atomic E-state index is -0.669. The van der Waals surface area contributed by atoms with Crippen LogP contribution in [0.25, 0.3) is 0 Å². The molecule has 2 aromatic carbocycles. The summed E-state index contributed by atoms with van der Waals surface area (Å²) in [6.45, 7) is -0.228. The predicted molar refractivity (Wildman–Crippen MR) is 77.9 cm³/mol. The van der Waals surface area contributed by atoms with E-state index in [1.165, 1.54) is 31.4 Å². The molecule has 0 atom stereocenters. The summed E-state index contributed by atoms with van der Waals surface area (Å²) in [6.07, 6.45) is 0. The van der Waals surface area contributed by atoms with Crippen LogP contribution < -0.4 is 10.5 Å². The van der Waals surface area contributed by atoms with Crippen LogP contribution in [0.15, 0.2) is 36.4 Å². The molecule has 2 rings (SSSR count). The van der Waals surface area contributed by atoms with Crippen LogP contribution in [0, 0.1) is 5.82 Å². The lowest BCUT2D eigenvalue weighted by Crippen LogP contribution is -2.09. The maximum Gasteiger partial charge on any atom is 0.340 e. The van der Waals surface area contributed by atoms with Crippen molar-refractivity contribution in [2.45, 2.75) is 6.61 Å². The van der Waals surface area contributed by atoms with Crippen molar-refractivity contribution in [2.75, 3.05) is 12.8 Å². The summed E-state index contributed by atoms with van der Waals surface area (Å²) in [5, 5.41) is 0.365. The van der Waals surface area contributed by atoms with E-state index in [9.17, 15) is 9.18 Å². The predicted octanol–water partition coefficient (Wildman–Crippen LogP) is 3.43. The first-order valence-corrected chi connectivity index (χ1v) is 6.44. The minimum Gasteiger partial charge on any atom is -0.494 e. The third-order valence-electron chi connectivity index (χ3n) is 2.86. The standard InChI is InChI=1S/C15H13ClFNO3/c1-20-13-4-2-3-9(14(13)17)8-21-15(19)11-7-10(16)5-6-12(11)18/h2-7H,8,18H2,1H3. The van der Waals surface area contributed by atoms with Gasteiger partial charge < -0.3 is 15.2 Å². The summed E-state index contributed by atoms with van der Waals surface area (Å²) in [7, 11) is 1.36. The van der Waals surface area contributed by atoms with Gasteiger partial charge in [-0.15, -0.1) is 0 Å². The fraction of sp³-hybridized carbons (Fsp3) is 0.133. The van der Waals surface area contributed by atoms with Gasteiger partial charge in [0.2, 0.25) is 0 Å². The second kappa shape index (κ2) is 6.45. The Morgan fingerprint density at radius 1 is 1.33 bits per heavy atom. The molecule has 0 aromatic heterocycles. The average molecular weight is 310 g/mol. The molecule has 0 aliphatic rings. The van der Waals surface area contributed by atoms with E-state index < -0.39 is 11.8 Å². The third-order valence-corrected chi connectivity index (χ3v) is 3.09. The van der Waals surface area contributed by atoms with Gasteiger partial charge in [-0.25, -0.2) is 9.18 Å². The number of ether oxygens (including phenoxy) is 2. The van der Waals surface area contributed by atoms with Gasteiger partial charge in [-0.05, 0) is 24.3 Å². The molecule has 0 radical (unpaired) electrons. The van der Waals surface area contributed by atoms with E-state index in [2.05, 4.69) is 0 Å². The van der Waals surface area contributed by atoms with Crippen molar-refractivity contribution >= 4 is 23.3 Å². The fourth-order valence-corrected chi connectivity index (χ4v) is 1.92. The maximum atomic E-state index is 13.9. The summed E-state index contributed by atoms with van der Waals surface area (Å²) in [6, 6.07) is 9.07. The molecule has 0 amide bonds. The Bertz CT molecular complexity index is 676. The molecule has 0 saturated heterocycles. The third kappa shape index (κ3) is 3.44. The van der Waals surface area contributed by atoms with Gasteiger partial charge in [0.1, 0.15) is 6.61 Å². The highest BCUT2D eigenvalue weighted by Gasteiger charge is 2.14. The summed E-state index contributed by atoms with van der Waals surface area (Å²) in [4.78, 5) is 11.9. The summed E-state index contributed by atoms with van der Waals surface area (Å²) in [5.41, 5.74) is 6.28. The number of hydrogen-bond acceptors (Lipinski definition) is 4. The SMILES string of the molecule is COc1cccc(COC(=O)c2cc(Cl)ccc2N)c1F. The van der Waals surface area contributed by atoms with E-state index in [0.29, 0.717) is 5.02 Å². The monoisotopic (exact) mass is 309 g/mol. The Morgan fingerprint density at radius 3 is 2.81 bits per heavy atom. The van der Waals surface area contributed by atoms with Crippen molar-refractivity contribution in [1.82, 2.24) is 0 Å². The van der Waals surface area contributed by atoms with Gasteiger partial charge in [0.25, 0.3) is 0 Å². The van der Waals surface area contributed by atoms with E-state index in [0.717, 1.165) is 0 Å². The number of carbonyl (C=O) groups is 1. The van der Waals surface area contributed by atoms with Gasteiger partial charge >= 0.3 is 5.97 Å². The van der Waals surface area contributed by atoms with E-state index in [1.54, 1.807) is 12.1 Å². The second-order valence-corrected chi connectivity index (χ2v) is 4.68. The zero-order chi connectivity index (χ0) is 15.4. The molecule has 2 N–H and O–H groups in total. The van der Waals surface area contributed by atoms with E-state index in [1.807, 2.05) is 0 Å². The Hall–Kier alpha value is -2.27. The second-order valence-electron chi connectivity index (χ2n) is 4.24. The molecule has 0 aliphatic heterocycles. The number of hydrogen-bond donors (Lipinski definition) is 1. The fourth-order valence-electron chi connectivity index (χ4n) is 1.75. The minimum absolute atomic E-state index is 0.0887. The van der Waals surface area contributed by atoms with Crippen LogP contribution in [0.4, 0.5) is 10.1 Å². The Balaban J connectivity index is 2.13. The van der Waals surface area contributed by atoms with Gasteiger partial charge in [-0.1, -0.05) is 23.7 Å². The quantitative estimate of drug-likeness (QED) is 0.694. The van der Waals surface area contributed by atoms with Crippen molar-refractivity contribution < 1.29 is 18.7 Å². The van der Waals surface area contributed by atoms with Crippen molar-refractivity contribution in [3.63, 3.8) is 0 Å². The Labute approximate surface area is 126 Å². The molecule has 0 unspecified atom stereocenters. The van der Waals surface area contributed by atoms with Crippen molar-refractivity contribution in [3.8, 4) is 5.75 Å². The van der Waals surface area contributed by atoms with Gasteiger partial charge in [0.05, 0.1) is 12.7 Å². The Kier molecular flexibility index (Phi) is 4.65. The molecule has 0 heterocycles. The zero-order valence-corrected chi connectivity index (χ0v) is 12.0. The molecule has 21 heavy (non-hydrogen) atoms. The molecule has 0 fully saturated rings. The zero-order valence-electron chi connectivity index (χ0n) is 11.2. The maximum absolute atomic E-state index is 13.9. The molecule has 110 valence electrons. The lowest BCUT2D eigenvalue weighted by atomic mass is 10.2. The van der Waals surface area contributed by atoms with Crippen molar-refractivity contribution in [3.05, 3.63) is 58.4 Å². The molecule has 6 heteroatoms. The first-order valence-electron chi connectivity index (χ1n) is 6.06. The molecule has 0 saturated carbocycles. The lowest BCUT2D eigenvalue weighted by molar-refractivity contribution is 0.0469. The highest BCUT2D eigenvalue weighted by Crippen LogP contribution is 2.22. The highest BCUT2D eigenvalue weighted by molar-refractivity contribution is 6.31. The van der Waals surface area contributed by atoms with Crippen LogP contribution in [-0.4, -0.2) is 13.1 Å². The molecule has 0 bridgehead atoms. The average Bonchev–Trinajstić information content (AvgIpc) is 2.48. The number of carbonyl (C=O) groups excluding carboxylic acids is 1. The van der Waals surface area contributed by atoms with Crippen LogP contribution in [0.2, 0.25) is 5.02 Å². The number of halogens is 2. The summed E-state index contributed by atoms with van der Waals surface area (Å²) in [5.74, 6) is -1.14. The number of anilines is 1. The van der Waals surface area contributed by atoms with Crippen LogP contribution in [0.5, 0.6) is 5.75 Å². The molecule has 4 nitrogen and oxygen atoms in total. The first kappa shape index (κ1) is 15.1. The molecule has 2 aromatic rings. The molecular formula is C15H13ClFNO3. The van der Waals surface area contributed by atoms with Crippen molar-refractivity contribution in [2.24, 2.45) is 0 Å². The van der Waals surface area contributed by atoms with Crippen LogP contribution in [0.3, 0.4) is 0 Å². The highest BCUT2D eigenvalue weighted by atomic mass is 35.5.